The van der Waals surface area contributed by atoms with Gasteiger partial charge in [-0.15, -0.1) is 0 Å². The van der Waals surface area contributed by atoms with Crippen molar-refractivity contribution in [1.82, 2.24) is 0 Å². The molecule has 2 aromatic carbocycles. The minimum atomic E-state index is -1.02. The van der Waals surface area contributed by atoms with Crippen LogP contribution in [0.4, 0.5) is 10.5 Å². The van der Waals surface area contributed by atoms with Crippen LogP contribution in [0.15, 0.2) is 47.4 Å². The number of nitrogens with zero attached hydrogens (tertiary/aromatic N) is 1. The topological polar surface area (TPSA) is 83.9 Å². The molecule has 0 radical (unpaired) electrons. The van der Waals surface area contributed by atoms with Crippen molar-refractivity contribution in [3.63, 3.8) is 0 Å². The predicted octanol–water partition coefficient (Wildman–Crippen LogP) is 4.79. The standard InChI is InChI=1S/C22H21NO5S/c1-4-18(21(25)26)28-17-9-6-15(7-10-17)12-19-20(24)23(22(27)29-19)16-8-5-13(2)14(3)11-16/h5-12,18H,4H2,1-3H3,(H,25,26)/b19-12+. The average molecular weight is 411 g/mol. The maximum Gasteiger partial charge on any atom is 0.344 e. The third-order valence-corrected chi connectivity index (χ3v) is 5.51. The van der Waals surface area contributed by atoms with E-state index in [4.69, 9.17) is 9.84 Å². The molecule has 1 fully saturated rings. The van der Waals surface area contributed by atoms with Crippen LogP contribution in [0.2, 0.25) is 0 Å². The van der Waals surface area contributed by atoms with Gasteiger partial charge in [0.2, 0.25) is 0 Å². The van der Waals surface area contributed by atoms with Crippen molar-refractivity contribution in [1.29, 1.82) is 0 Å². The maximum atomic E-state index is 12.8. The number of benzene rings is 2. The van der Waals surface area contributed by atoms with Crippen LogP contribution in [0, 0.1) is 13.8 Å². The fourth-order valence-corrected chi connectivity index (χ4v) is 3.66. The largest absolute Gasteiger partial charge is 0.479 e. The summed E-state index contributed by atoms with van der Waals surface area (Å²) in [4.78, 5) is 37.8. The number of thioether (sulfide) groups is 1. The number of amides is 2. The highest BCUT2D eigenvalue weighted by molar-refractivity contribution is 8.19. The lowest BCUT2D eigenvalue weighted by molar-refractivity contribution is -0.145. The number of carboxylic acids is 1. The Bertz CT molecular complexity index is 997. The summed E-state index contributed by atoms with van der Waals surface area (Å²) >= 11 is 0.893. The second kappa shape index (κ2) is 8.53. The number of carbonyl (C=O) groups excluding carboxylic acids is 2. The molecule has 1 N–H and O–H groups in total. The molecule has 1 heterocycles. The molecule has 2 amide bonds. The maximum absolute atomic E-state index is 12.8. The molecule has 7 heteroatoms. The molecule has 29 heavy (non-hydrogen) atoms. The molecular weight excluding hydrogens is 390 g/mol. The van der Waals surface area contributed by atoms with E-state index in [2.05, 4.69) is 0 Å². The molecule has 1 aliphatic heterocycles. The number of hydrogen-bond acceptors (Lipinski definition) is 5. The molecule has 0 saturated carbocycles. The zero-order valence-corrected chi connectivity index (χ0v) is 17.2. The van der Waals surface area contributed by atoms with Gasteiger partial charge in [-0.25, -0.2) is 9.69 Å². The number of anilines is 1. The van der Waals surface area contributed by atoms with Gasteiger partial charge in [-0.3, -0.25) is 9.59 Å². The molecule has 0 spiro atoms. The van der Waals surface area contributed by atoms with E-state index in [0.29, 0.717) is 28.3 Å². The molecule has 0 aromatic heterocycles. The number of carboxylic acid groups (broad SMARTS) is 1. The first kappa shape index (κ1) is 20.7. The molecular formula is C22H21NO5S. The van der Waals surface area contributed by atoms with Gasteiger partial charge in [-0.05, 0) is 79.1 Å². The van der Waals surface area contributed by atoms with Gasteiger partial charge in [-0.2, -0.15) is 0 Å². The molecule has 150 valence electrons. The Morgan fingerprint density at radius 3 is 2.41 bits per heavy atom. The van der Waals surface area contributed by atoms with E-state index in [-0.39, 0.29) is 11.1 Å². The Labute approximate surface area is 173 Å². The average Bonchev–Trinajstić information content (AvgIpc) is 2.96. The van der Waals surface area contributed by atoms with Crippen LogP contribution >= 0.6 is 11.8 Å². The van der Waals surface area contributed by atoms with Crippen molar-refractivity contribution < 1.29 is 24.2 Å². The Morgan fingerprint density at radius 1 is 1.14 bits per heavy atom. The molecule has 0 aliphatic carbocycles. The van der Waals surface area contributed by atoms with Crippen LogP contribution < -0.4 is 9.64 Å². The number of ether oxygens (including phenoxy) is 1. The van der Waals surface area contributed by atoms with E-state index >= 15 is 0 Å². The van der Waals surface area contributed by atoms with Crippen molar-refractivity contribution in [2.75, 3.05) is 4.90 Å². The molecule has 2 aromatic rings. The first-order valence-electron chi connectivity index (χ1n) is 9.15. The van der Waals surface area contributed by atoms with E-state index in [1.807, 2.05) is 26.0 Å². The summed E-state index contributed by atoms with van der Waals surface area (Å²) in [5, 5.41) is 8.74. The van der Waals surface area contributed by atoms with Crippen molar-refractivity contribution in [2.45, 2.75) is 33.3 Å². The fraction of sp³-hybridized carbons (Fsp3) is 0.227. The van der Waals surface area contributed by atoms with Gasteiger partial charge < -0.3 is 9.84 Å². The lowest BCUT2D eigenvalue weighted by Crippen LogP contribution is -2.27. The minimum absolute atomic E-state index is 0.332. The van der Waals surface area contributed by atoms with Crippen molar-refractivity contribution in [3.05, 3.63) is 64.1 Å². The van der Waals surface area contributed by atoms with Gasteiger partial charge >= 0.3 is 5.97 Å². The van der Waals surface area contributed by atoms with Crippen molar-refractivity contribution >= 4 is 40.6 Å². The molecule has 6 nitrogen and oxygen atoms in total. The number of hydrogen-bond donors (Lipinski definition) is 1. The SMILES string of the molecule is CCC(Oc1ccc(/C=C2/SC(=O)N(c3ccc(C)c(C)c3)C2=O)cc1)C(=O)O. The zero-order chi connectivity index (χ0) is 21.1. The fourth-order valence-electron chi connectivity index (χ4n) is 2.82. The van der Waals surface area contributed by atoms with Crippen LogP contribution in [0.3, 0.4) is 0 Å². The highest BCUT2D eigenvalue weighted by Gasteiger charge is 2.36. The molecule has 3 rings (SSSR count). The Balaban J connectivity index is 1.78. The lowest BCUT2D eigenvalue weighted by Gasteiger charge is -2.14. The second-order valence-electron chi connectivity index (χ2n) is 6.71. The van der Waals surface area contributed by atoms with Gasteiger partial charge in [0.1, 0.15) is 5.75 Å². The van der Waals surface area contributed by atoms with Crippen LogP contribution in [0.5, 0.6) is 5.75 Å². The van der Waals surface area contributed by atoms with Gasteiger partial charge in [0.05, 0.1) is 10.6 Å². The number of carbonyl (C=O) groups is 3. The third-order valence-electron chi connectivity index (χ3n) is 4.64. The normalized spacial score (nSPS) is 16.4. The van der Waals surface area contributed by atoms with E-state index in [9.17, 15) is 14.4 Å². The first-order valence-corrected chi connectivity index (χ1v) is 9.96. The third kappa shape index (κ3) is 4.51. The summed E-state index contributed by atoms with van der Waals surface area (Å²) in [6, 6.07) is 12.2. The second-order valence-corrected chi connectivity index (χ2v) is 7.70. The predicted molar refractivity (Wildman–Crippen MR) is 113 cm³/mol. The smallest absolute Gasteiger partial charge is 0.344 e. The summed E-state index contributed by atoms with van der Waals surface area (Å²) in [5.41, 5.74) is 3.37. The summed E-state index contributed by atoms with van der Waals surface area (Å²) in [5.74, 6) is -0.947. The Kier molecular flexibility index (Phi) is 6.08. The van der Waals surface area contributed by atoms with E-state index in [1.165, 1.54) is 4.90 Å². The summed E-state index contributed by atoms with van der Waals surface area (Å²) in [6.07, 6.45) is 1.09. The van der Waals surface area contributed by atoms with Gasteiger partial charge in [0.25, 0.3) is 11.1 Å². The van der Waals surface area contributed by atoms with E-state index in [0.717, 1.165) is 22.9 Å². The number of aliphatic carboxylic acids is 1. The summed E-state index contributed by atoms with van der Waals surface area (Å²) in [6.45, 7) is 5.64. The summed E-state index contributed by atoms with van der Waals surface area (Å²) < 4.78 is 5.43. The van der Waals surface area contributed by atoms with Crippen molar-refractivity contribution in [3.8, 4) is 5.75 Å². The van der Waals surface area contributed by atoms with Gasteiger partial charge in [0, 0.05) is 0 Å². The van der Waals surface area contributed by atoms with Gasteiger partial charge in [0.15, 0.2) is 6.10 Å². The van der Waals surface area contributed by atoms with Gasteiger partial charge in [-0.1, -0.05) is 25.1 Å². The number of aryl methyl sites for hydroxylation is 2. The molecule has 1 aliphatic rings. The summed E-state index contributed by atoms with van der Waals surface area (Å²) in [7, 11) is 0. The zero-order valence-electron chi connectivity index (χ0n) is 16.3. The molecule has 0 bridgehead atoms. The lowest BCUT2D eigenvalue weighted by atomic mass is 10.1. The van der Waals surface area contributed by atoms with Crippen LogP contribution in [-0.2, 0) is 9.59 Å². The van der Waals surface area contributed by atoms with Crippen molar-refractivity contribution in [2.24, 2.45) is 0 Å². The first-order chi connectivity index (χ1) is 13.8. The van der Waals surface area contributed by atoms with Crippen LogP contribution in [0.1, 0.15) is 30.0 Å². The highest BCUT2D eigenvalue weighted by atomic mass is 32.2. The molecule has 1 saturated heterocycles. The monoisotopic (exact) mass is 411 g/mol. The molecule has 1 atom stereocenters. The number of imide groups is 1. The van der Waals surface area contributed by atoms with Crippen LogP contribution in [-0.4, -0.2) is 28.3 Å². The van der Waals surface area contributed by atoms with E-state index < -0.39 is 12.1 Å². The number of rotatable bonds is 6. The Morgan fingerprint density at radius 2 is 1.83 bits per heavy atom. The molecule has 1 unspecified atom stereocenters. The minimum Gasteiger partial charge on any atom is -0.479 e. The highest BCUT2D eigenvalue weighted by Crippen LogP contribution is 2.36. The Hall–Kier alpha value is -3.06. The van der Waals surface area contributed by atoms with E-state index in [1.54, 1.807) is 43.3 Å². The van der Waals surface area contributed by atoms with Crippen LogP contribution in [0.25, 0.3) is 6.08 Å². The quantitative estimate of drug-likeness (QED) is 0.688.